The molecule has 5 nitrogen and oxygen atoms in total. The van der Waals surface area contributed by atoms with E-state index in [1.54, 1.807) is 13.3 Å². The number of rotatable bonds is 5. The second-order valence-corrected chi connectivity index (χ2v) is 7.22. The van der Waals surface area contributed by atoms with Gasteiger partial charge in [-0.1, -0.05) is 13.3 Å². The molecule has 1 aromatic heterocycles. The van der Waals surface area contributed by atoms with Crippen molar-refractivity contribution in [1.82, 2.24) is 14.9 Å². The standard InChI is InChI=1S/C12H21N3O2S/c1-2-18(16,17)8-7-15-10-13-9-12(15)11-5-3-4-6-14-11/h9-11,14H,2-8H2,1H3. The lowest BCUT2D eigenvalue weighted by atomic mass is 10.0. The van der Waals surface area contributed by atoms with E-state index in [0.717, 1.165) is 18.7 Å². The number of nitrogens with one attached hydrogen (secondary N) is 1. The minimum Gasteiger partial charge on any atom is -0.332 e. The van der Waals surface area contributed by atoms with Gasteiger partial charge >= 0.3 is 0 Å². The second kappa shape index (κ2) is 5.84. The first-order valence-electron chi connectivity index (χ1n) is 6.56. The number of piperidine rings is 1. The monoisotopic (exact) mass is 271 g/mol. The van der Waals surface area contributed by atoms with Crippen LogP contribution in [0.1, 0.15) is 37.9 Å². The van der Waals surface area contributed by atoms with Gasteiger partial charge in [0.25, 0.3) is 0 Å². The van der Waals surface area contributed by atoms with Crippen molar-refractivity contribution in [3.63, 3.8) is 0 Å². The lowest BCUT2D eigenvalue weighted by molar-refractivity contribution is 0.394. The molecule has 1 N–H and O–H groups in total. The second-order valence-electron chi connectivity index (χ2n) is 4.75. The van der Waals surface area contributed by atoms with Crippen LogP contribution in [-0.4, -0.2) is 36.0 Å². The van der Waals surface area contributed by atoms with Crippen LogP contribution in [0.15, 0.2) is 12.5 Å². The molecule has 1 fully saturated rings. The number of aromatic nitrogens is 2. The summed E-state index contributed by atoms with van der Waals surface area (Å²) in [5.41, 5.74) is 1.11. The van der Waals surface area contributed by atoms with Crippen LogP contribution >= 0.6 is 0 Å². The summed E-state index contributed by atoms with van der Waals surface area (Å²) in [5.74, 6) is 0.401. The largest absolute Gasteiger partial charge is 0.332 e. The highest BCUT2D eigenvalue weighted by atomic mass is 32.2. The smallest absolute Gasteiger partial charge is 0.151 e. The highest BCUT2D eigenvalue weighted by molar-refractivity contribution is 7.91. The number of imidazole rings is 1. The summed E-state index contributed by atoms with van der Waals surface area (Å²) < 4.78 is 25.0. The predicted octanol–water partition coefficient (Wildman–Crippen LogP) is 1.13. The molecule has 0 bridgehead atoms. The molecule has 1 aromatic rings. The SMILES string of the molecule is CCS(=O)(=O)CCn1cncc1C1CCCCN1. The summed E-state index contributed by atoms with van der Waals surface area (Å²) >= 11 is 0. The Morgan fingerprint density at radius 2 is 2.33 bits per heavy atom. The Bertz CT molecular complexity index is 475. The first-order chi connectivity index (χ1) is 8.62. The topological polar surface area (TPSA) is 64.0 Å². The number of sulfone groups is 1. The van der Waals surface area contributed by atoms with Gasteiger partial charge in [-0.2, -0.15) is 0 Å². The Hall–Kier alpha value is -0.880. The van der Waals surface area contributed by atoms with Crippen molar-refractivity contribution in [2.45, 2.75) is 38.8 Å². The summed E-state index contributed by atoms with van der Waals surface area (Å²) in [4.78, 5) is 4.15. The van der Waals surface area contributed by atoms with Gasteiger partial charge in [-0.3, -0.25) is 0 Å². The fraction of sp³-hybridized carbons (Fsp3) is 0.750. The van der Waals surface area contributed by atoms with Crippen molar-refractivity contribution < 1.29 is 8.42 Å². The normalized spacial score (nSPS) is 21.1. The predicted molar refractivity (Wildman–Crippen MR) is 71.1 cm³/mol. The third-order valence-corrected chi connectivity index (χ3v) is 5.18. The van der Waals surface area contributed by atoms with Gasteiger partial charge in [0.05, 0.1) is 17.8 Å². The first kappa shape index (κ1) is 13.5. The molecule has 18 heavy (non-hydrogen) atoms. The number of hydrogen-bond acceptors (Lipinski definition) is 4. The molecule has 1 aliphatic heterocycles. The molecule has 0 amide bonds. The zero-order valence-electron chi connectivity index (χ0n) is 10.8. The minimum absolute atomic E-state index is 0.194. The summed E-state index contributed by atoms with van der Waals surface area (Å²) in [6.07, 6.45) is 7.12. The van der Waals surface area contributed by atoms with Gasteiger partial charge in [0.1, 0.15) is 0 Å². The number of hydrogen-bond donors (Lipinski definition) is 1. The van der Waals surface area contributed by atoms with Crippen LogP contribution in [0.25, 0.3) is 0 Å². The first-order valence-corrected chi connectivity index (χ1v) is 8.38. The minimum atomic E-state index is -2.91. The molecule has 6 heteroatoms. The maximum atomic E-state index is 11.5. The van der Waals surface area contributed by atoms with Crippen LogP contribution in [-0.2, 0) is 16.4 Å². The van der Waals surface area contributed by atoms with E-state index in [0.29, 0.717) is 12.6 Å². The lowest BCUT2D eigenvalue weighted by Crippen LogP contribution is -2.29. The van der Waals surface area contributed by atoms with Crippen LogP contribution in [0.5, 0.6) is 0 Å². The third kappa shape index (κ3) is 3.32. The molecule has 0 aliphatic carbocycles. The Labute approximate surface area is 109 Å². The molecule has 1 atom stereocenters. The maximum Gasteiger partial charge on any atom is 0.151 e. The van der Waals surface area contributed by atoms with Gasteiger partial charge in [0.2, 0.25) is 0 Å². The van der Waals surface area contributed by atoms with E-state index in [-0.39, 0.29) is 11.5 Å². The van der Waals surface area contributed by atoms with Crippen molar-refractivity contribution >= 4 is 9.84 Å². The summed E-state index contributed by atoms with van der Waals surface area (Å²) in [6.45, 7) is 3.22. The van der Waals surface area contributed by atoms with Gasteiger partial charge in [0.15, 0.2) is 9.84 Å². The Kier molecular flexibility index (Phi) is 4.40. The molecule has 2 rings (SSSR count). The summed E-state index contributed by atoms with van der Waals surface area (Å²) in [5, 5.41) is 3.46. The van der Waals surface area contributed by atoms with Crippen molar-refractivity contribution in [3.8, 4) is 0 Å². The molecule has 0 radical (unpaired) electrons. The Morgan fingerprint density at radius 1 is 1.50 bits per heavy atom. The van der Waals surface area contributed by atoms with Crippen molar-refractivity contribution in [1.29, 1.82) is 0 Å². The molecule has 1 saturated heterocycles. The van der Waals surface area contributed by atoms with E-state index in [1.165, 1.54) is 12.8 Å². The van der Waals surface area contributed by atoms with Crippen LogP contribution in [0.4, 0.5) is 0 Å². The molecule has 1 unspecified atom stereocenters. The third-order valence-electron chi connectivity index (χ3n) is 3.49. The highest BCUT2D eigenvalue weighted by Crippen LogP contribution is 2.22. The maximum absolute atomic E-state index is 11.5. The fourth-order valence-corrected chi connectivity index (χ4v) is 3.06. The average molecular weight is 271 g/mol. The fourth-order valence-electron chi connectivity index (χ4n) is 2.29. The summed E-state index contributed by atoms with van der Waals surface area (Å²) in [7, 11) is -2.91. The summed E-state index contributed by atoms with van der Waals surface area (Å²) in [6, 6.07) is 0.325. The van der Waals surface area contributed by atoms with Crippen molar-refractivity contribution in [2.75, 3.05) is 18.1 Å². The Balaban J connectivity index is 2.03. The van der Waals surface area contributed by atoms with E-state index < -0.39 is 9.84 Å². The molecular weight excluding hydrogens is 250 g/mol. The van der Waals surface area contributed by atoms with Crippen LogP contribution in [0.2, 0.25) is 0 Å². The van der Waals surface area contributed by atoms with Crippen molar-refractivity contribution in [3.05, 3.63) is 18.2 Å². The highest BCUT2D eigenvalue weighted by Gasteiger charge is 2.19. The van der Waals surface area contributed by atoms with E-state index in [1.807, 2.05) is 10.8 Å². The van der Waals surface area contributed by atoms with E-state index in [2.05, 4.69) is 10.3 Å². The molecule has 2 heterocycles. The quantitative estimate of drug-likeness (QED) is 0.872. The van der Waals surface area contributed by atoms with Gasteiger partial charge < -0.3 is 9.88 Å². The van der Waals surface area contributed by atoms with Gasteiger partial charge in [-0.05, 0) is 19.4 Å². The molecule has 1 aliphatic rings. The zero-order valence-corrected chi connectivity index (χ0v) is 11.6. The van der Waals surface area contributed by atoms with E-state index in [4.69, 9.17) is 0 Å². The van der Waals surface area contributed by atoms with Crippen LogP contribution in [0.3, 0.4) is 0 Å². The molecule has 0 saturated carbocycles. The van der Waals surface area contributed by atoms with Gasteiger partial charge in [-0.25, -0.2) is 13.4 Å². The molecule has 0 aromatic carbocycles. The van der Waals surface area contributed by atoms with Gasteiger partial charge in [0, 0.05) is 24.5 Å². The molecular formula is C12H21N3O2S. The lowest BCUT2D eigenvalue weighted by Gasteiger charge is -2.24. The zero-order chi connectivity index (χ0) is 13.0. The van der Waals surface area contributed by atoms with E-state index in [9.17, 15) is 8.42 Å². The van der Waals surface area contributed by atoms with E-state index >= 15 is 0 Å². The molecule has 0 spiro atoms. The van der Waals surface area contributed by atoms with Crippen LogP contribution in [0, 0.1) is 0 Å². The average Bonchev–Trinajstić information content (AvgIpc) is 2.86. The number of aryl methyl sites for hydroxylation is 1. The van der Waals surface area contributed by atoms with Crippen LogP contribution < -0.4 is 5.32 Å². The molecule has 102 valence electrons. The van der Waals surface area contributed by atoms with Crippen molar-refractivity contribution in [2.24, 2.45) is 0 Å². The number of nitrogens with zero attached hydrogens (tertiary/aromatic N) is 2. The Morgan fingerprint density at radius 3 is 3.00 bits per heavy atom. The van der Waals surface area contributed by atoms with Gasteiger partial charge in [-0.15, -0.1) is 0 Å².